The number of benzene rings is 6. The van der Waals surface area contributed by atoms with Crippen LogP contribution in [-0.4, -0.2) is 6.21 Å². The molecule has 0 atom stereocenters. The van der Waals surface area contributed by atoms with Crippen molar-refractivity contribution < 1.29 is 0 Å². The summed E-state index contributed by atoms with van der Waals surface area (Å²) < 4.78 is 0. The predicted molar refractivity (Wildman–Crippen MR) is 191 cm³/mol. The van der Waals surface area contributed by atoms with E-state index in [0.29, 0.717) is 0 Å². The molecule has 3 heteroatoms. The van der Waals surface area contributed by atoms with Crippen LogP contribution in [0.2, 0.25) is 0 Å². The molecule has 0 aliphatic rings. The maximum Gasteiger partial charge on any atom is 0.0543 e. The summed E-state index contributed by atoms with van der Waals surface area (Å²) in [6, 6.07) is 42.6. The highest BCUT2D eigenvalue weighted by Crippen LogP contribution is 2.39. The minimum absolute atomic E-state index is 0.821. The molecule has 0 saturated heterocycles. The van der Waals surface area contributed by atoms with Crippen LogP contribution in [0.5, 0.6) is 0 Å². The number of hydrogen-bond donors (Lipinski definition) is 3. The van der Waals surface area contributed by atoms with Gasteiger partial charge in [0.25, 0.3) is 0 Å². The summed E-state index contributed by atoms with van der Waals surface area (Å²) in [5.74, 6) is 0. The van der Waals surface area contributed by atoms with Gasteiger partial charge in [-0.1, -0.05) is 122 Å². The molecule has 6 aromatic carbocycles. The lowest BCUT2D eigenvalue weighted by Gasteiger charge is -2.17. The van der Waals surface area contributed by atoms with Crippen LogP contribution in [0.1, 0.15) is 11.1 Å². The third-order valence-electron chi connectivity index (χ3n) is 7.95. The summed E-state index contributed by atoms with van der Waals surface area (Å²) in [6.07, 6.45) is 8.31. The largest absolute Gasteiger partial charge is 0.404 e. The molecule has 0 spiro atoms. The van der Waals surface area contributed by atoms with E-state index in [1.165, 1.54) is 17.2 Å². The normalized spacial score (nSPS) is 11.8. The molecule has 0 unspecified atom stereocenters. The summed E-state index contributed by atoms with van der Waals surface area (Å²) in [4.78, 5) is 0. The number of nitrogens with two attached hydrogens (primary N) is 1. The second-order valence-corrected chi connectivity index (χ2v) is 10.6. The Morgan fingerprint density at radius 1 is 0.636 bits per heavy atom. The number of allylic oxidation sites excluding steroid dienone is 5. The van der Waals surface area contributed by atoms with E-state index in [1.54, 1.807) is 18.4 Å². The predicted octanol–water partition coefficient (Wildman–Crippen LogP) is 10.8. The van der Waals surface area contributed by atoms with Gasteiger partial charge in [0, 0.05) is 29.1 Å². The van der Waals surface area contributed by atoms with E-state index >= 15 is 0 Å². The van der Waals surface area contributed by atoms with Crippen molar-refractivity contribution in [3.63, 3.8) is 0 Å². The van der Waals surface area contributed by atoms with Gasteiger partial charge in [-0.25, -0.2) is 0 Å². The zero-order valence-electron chi connectivity index (χ0n) is 24.4. The Kier molecular flexibility index (Phi) is 8.02. The molecule has 6 aromatic rings. The lowest BCUT2D eigenvalue weighted by Crippen LogP contribution is -1.96. The molecule has 0 aromatic heterocycles. The van der Waals surface area contributed by atoms with Crippen LogP contribution in [0.15, 0.2) is 159 Å². The van der Waals surface area contributed by atoms with Gasteiger partial charge in [-0.15, -0.1) is 0 Å². The number of para-hydroxylation sites is 1. The minimum atomic E-state index is 0.821. The molecule has 0 heterocycles. The summed E-state index contributed by atoms with van der Waals surface area (Å²) in [5.41, 5.74) is 16.2. The molecule has 6 rings (SSSR count). The lowest BCUT2D eigenvalue weighted by molar-refractivity contribution is 1.55. The number of fused-ring (bicyclic) bond motifs is 2. The maximum absolute atomic E-state index is 7.84. The van der Waals surface area contributed by atoms with E-state index in [1.807, 2.05) is 24.3 Å². The Hall–Kier alpha value is -5.93. The first-order chi connectivity index (χ1) is 21.6. The van der Waals surface area contributed by atoms with Crippen molar-refractivity contribution in [2.24, 2.45) is 5.73 Å². The molecule has 0 amide bonds. The quantitative estimate of drug-likeness (QED) is 0.120. The fraction of sp³-hybridized carbons (Fsp3) is 0. The molecule has 0 fully saturated rings. The Labute approximate surface area is 258 Å². The van der Waals surface area contributed by atoms with Gasteiger partial charge in [-0.2, -0.15) is 0 Å². The van der Waals surface area contributed by atoms with Crippen molar-refractivity contribution in [3.05, 3.63) is 170 Å². The highest BCUT2D eigenvalue weighted by molar-refractivity contribution is 6.11. The zero-order valence-corrected chi connectivity index (χ0v) is 24.4. The smallest absolute Gasteiger partial charge is 0.0543 e. The Bertz CT molecular complexity index is 2080. The molecule has 44 heavy (non-hydrogen) atoms. The molecule has 0 aliphatic carbocycles. The maximum atomic E-state index is 7.84. The summed E-state index contributed by atoms with van der Waals surface area (Å²) in [7, 11) is 0. The SMILES string of the molecule is C=C/C=C(\C=N)c1ccc2c(Nc3ccccc3)c(-c3ccc(-c4ccc5cc(/C(C=C)=C/N)ccc5c4)cc3)ccc2c1. The Morgan fingerprint density at radius 3 is 2.00 bits per heavy atom. The van der Waals surface area contributed by atoms with E-state index in [-0.39, 0.29) is 0 Å². The number of nitrogens with one attached hydrogen (secondary N) is 2. The molecule has 3 nitrogen and oxygen atoms in total. The molecular weight excluding hydrogens is 534 g/mol. The van der Waals surface area contributed by atoms with Gasteiger partial charge in [0.1, 0.15) is 0 Å². The minimum Gasteiger partial charge on any atom is -0.404 e. The fourth-order valence-electron chi connectivity index (χ4n) is 5.63. The fourth-order valence-corrected chi connectivity index (χ4v) is 5.63. The summed E-state index contributed by atoms with van der Waals surface area (Å²) in [5, 5.41) is 16.1. The Balaban J connectivity index is 1.39. The first kappa shape index (κ1) is 28.2. The monoisotopic (exact) mass is 567 g/mol. The van der Waals surface area contributed by atoms with Gasteiger partial charge in [0.2, 0.25) is 0 Å². The summed E-state index contributed by atoms with van der Waals surface area (Å²) >= 11 is 0. The van der Waals surface area contributed by atoms with Gasteiger partial charge < -0.3 is 16.5 Å². The second kappa shape index (κ2) is 12.5. The van der Waals surface area contributed by atoms with Gasteiger partial charge in [-0.3, -0.25) is 0 Å². The highest BCUT2D eigenvalue weighted by atomic mass is 14.9. The van der Waals surface area contributed by atoms with E-state index < -0.39 is 0 Å². The van der Waals surface area contributed by atoms with Gasteiger partial charge in [0.15, 0.2) is 0 Å². The zero-order chi connectivity index (χ0) is 30.5. The molecule has 212 valence electrons. The summed E-state index contributed by atoms with van der Waals surface area (Å²) in [6.45, 7) is 7.66. The van der Waals surface area contributed by atoms with Crippen LogP contribution in [0, 0.1) is 5.41 Å². The first-order valence-corrected chi connectivity index (χ1v) is 14.5. The van der Waals surface area contributed by atoms with E-state index in [4.69, 9.17) is 11.1 Å². The topological polar surface area (TPSA) is 61.9 Å². The second-order valence-electron chi connectivity index (χ2n) is 10.6. The van der Waals surface area contributed by atoms with Crippen molar-refractivity contribution in [1.82, 2.24) is 0 Å². The van der Waals surface area contributed by atoms with Crippen molar-refractivity contribution in [2.75, 3.05) is 5.32 Å². The van der Waals surface area contributed by atoms with Crippen LogP contribution >= 0.6 is 0 Å². The number of anilines is 2. The van der Waals surface area contributed by atoms with Gasteiger partial charge >= 0.3 is 0 Å². The average molecular weight is 568 g/mol. The lowest BCUT2D eigenvalue weighted by atomic mass is 9.93. The molecular formula is C41H33N3. The molecule has 0 bridgehead atoms. The van der Waals surface area contributed by atoms with E-state index in [9.17, 15) is 0 Å². The van der Waals surface area contributed by atoms with Crippen molar-refractivity contribution >= 4 is 50.3 Å². The van der Waals surface area contributed by atoms with E-state index in [2.05, 4.69) is 122 Å². The van der Waals surface area contributed by atoms with Crippen LogP contribution in [0.3, 0.4) is 0 Å². The third-order valence-corrected chi connectivity index (χ3v) is 7.95. The molecule has 0 radical (unpaired) electrons. The molecule has 0 saturated carbocycles. The third kappa shape index (κ3) is 5.59. The van der Waals surface area contributed by atoms with Crippen molar-refractivity contribution in [1.29, 1.82) is 5.41 Å². The Morgan fingerprint density at radius 2 is 1.27 bits per heavy atom. The van der Waals surface area contributed by atoms with Crippen LogP contribution in [-0.2, 0) is 0 Å². The first-order valence-electron chi connectivity index (χ1n) is 14.5. The van der Waals surface area contributed by atoms with Crippen molar-refractivity contribution in [2.45, 2.75) is 0 Å². The van der Waals surface area contributed by atoms with Gasteiger partial charge in [0.05, 0.1) is 5.69 Å². The number of rotatable bonds is 9. The average Bonchev–Trinajstić information content (AvgIpc) is 3.08. The highest BCUT2D eigenvalue weighted by Gasteiger charge is 2.13. The standard InChI is InChI=1S/C41H33N3/c1-3-8-37(27-43)35-19-21-40-36(25-35)20-22-39(41(40)44-38-9-6-5-7-10-38)30-13-11-29(12-14-30)32-16-18-33-23-31(28(4-2)26-42)15-17-34(33)24-32/h3-27,43-44H,1-2,42H2/b28-26+,37-8+,43-27?. The molecule has 4 N–H and O–H groups in total. The van der Waals surface area contributed by atoms with Crippen LogP contribution in [0.4, 0.5) is 11.4 Å². The van der Waals surface area contributed by atoms with Gasteiger partial charge in [-0.05, 0) is 85.5 Å². The van der Waals surface area contributed by atoms with Crippen LogP contribution in [0.25, 0.3) is 54.9 Å². The molecule has 0 aliphatic heterocycles. The van der Waals surface area contributed by atoms with E-state index in [0.717, 1.165) is 66.5 Å². The van der Waals surface area contributed by atoms with Crippen LogP contribution < -0.4 is 11.1 Å². The number of hydrogen-bond acceptors (Lipinski definition) is 3. The van der Waals surface area contributed by atoms with Crippen molar-refractivity contribution in [3.8, 4) is 22.3 Å².